The standard InChI is InChI=1S/C13H7BrO3S.C13H7BrOS/c14-8-5-6-12-10(7-8)13(15)9-3-1-2-4-11(9)18(12,16)17;14-8-5-6-12-10(7-8)13(15)9-3-1-2-4-11(9)16-12/h1-7H;1-7H. The molecule has 1 aliphatic heterocycles. The summed E-state index contributed by atoms with van der Waals surface area (Å²) in [5.74, 6) is -0.253. The van der Waals surface area contributed by atoms with Gasteiger partial charge in [0.05, 0.1) is 9.79 Å². The molecule has 0 saturated heterocycles. The predicted molar refractivity (Wildman–Crippen MR) is 143 cm³/mol. The molecule has 0 radical (unpaired) electrons. The highest BCUT2D eigenvalue weighted by Crippen LogP contribution is 2.35. The van der Waals surface area contributed by atoms with Crippen LogP contribution in [0.3, 0.4) is 0 Å². The number of rotatable bonds is 0. The van der Waals surface area contributed by atoms with E-state index >= 15 is 0 Å². The largest absolute Gasteiger partial charge is 0.289 e. The number of hydrogen-bond acceptors (Lipinski definition) is 5. The summed E-state index contributed by atoms with van der Waals surface area (Å²) in [4.78, 5) is 24.7. The smallest absolute Gasteiger partial charge is 0.208 e. The van der Waals surface area contributed by atoms with Crippen LogP contribution in [0.15, 0.2) is 108 Å². The molecule has 6 rings (SSSR count). The van der Waals surface area contributed by atoms with E-state index in [9.17, 15) is 18.0 Å². The summed E-state index contributed by atoms with van der Waals surface area (Å²) in [7, 11) is -3.59. The van der Waals surface area contributed by atoms with Gasteiger partial charge >= 0.3 is 0 Å². The molecule has 0 aliphatic carbocycles. The maximum atomic E-state index is 12.4. The van der Waals surface area contributed by atoms with Crippen molar-refractivity contribution in [2.45, 2.75) is 9.79 Å². The monoisotopic (exact) mass is 612 g/mol. The lowest BCUT2D eigenvalue weighted by atomic mass is 10.0. The number of sulfone groups is 1. The Balaban J connectivity index is 0.000000142. The molecule has 0 unspecified atom stereocenters. The van der Waals surface area contributed by atoms with Crippen LogP contribution >= 0.6 is 43.2 Å². The van der Waals surface area contributed by atoms with Crippen molar-refractivity contribution in [1.29, 1.82) is 0 Å². The Morgan fingerprint density at radius 2 is 1.24 bits per heavy atom. The molecule has 1 aromatic heterocycles. The van der Waals surface area contributed by atoms with Crippen LogP contribution in [0.1, 0.15) is 15.9 Å². The Morgan fingerprint density at radius 3 is 2.06 bits per heavy atom. The summed E-state index contributed by atoms with van der Waals surface area (Å²) in [5.41, 5.74) is 0.580. The highest BCUT2D eigenvalue weighted by molar-refractivity contribution is 9.10. The van der Waals surface area contributed by atoms with Crippen LogP contribution in [-0.4, -0.2) is 14.2 Å². The molecule has 34 heavy (non-hydrogen) atoms. The van der Waals surface area contributed by atoms with Gasteiger partial charge in [0.1, 0.15) is 0 Å². The normalized spacial score (nSPS) is 13.6. The fraction of sp³-hybridized carbons (Fsp3) is 0. The van der Waals surface area contributed by atoms with Crippen molar-refractivity contribution in [2.24, 2.45) is 0 Å². The van der Waals surface area contributed by atoms with Crippen LogP contribution in [0, 0.1) is 0 Å². The van der Waals surface area contributed by atoms with Crippen LogP contribution in [0.5, 0.6) is 0 Å². The first-order valence-electron chi connectivity index (χ1n) is 10.1. The summed E-state index contributed by atoms with van der Waals surface area (Å²) in [6.07, 6.45) is 0. The predicted octanol–water partition coefficient (Wildman–Crippen LogP) is 7.00. The molecular formula is C26H14Br2O4S2. The number of halogens is 2. The molecule has 2 heterocycles. The van der Waals surface area contributed by atoms with Gasteiger partial charge in [0.2, 0.25) is 9.84 Å². The van der Waals surface area contributed by atoms with E-state index in [4.69, 9.17) is 0 Å². The Kier molecular flexibility index (Phi) is 6.02. The van der Waals surface area contributed by atoms with Gasteiger partial charge in [-0.1, -0.05) is 56.1 Å². The van der Waals surface area contributed by atoms with E-state index < -0.39 is 9.84 Å². The Bertz CT molecular complexity index is 1790. The van der Waals surface area contributed by atoms with Crippen molar-refractivity contribution < 1.29 is 13.2 Å². The summed E-state index contributed by atoms with van der Waals surface area (Å²) in [5, 5.41) is 1.59. The van der Waals surface area contributed by atoms with Gasteiger partial charge in [-0.2, -0.15) is 0 Å². The molecule has 0 amide bonds. The van der Waals surface area contributed by atoms with Gasteiger partial charge in [-0.05, 0) is 60.7 Å². The molecule has 0 saturated carbocycles. The van der Waals surface area contributed by atoms with Gasteiger partial charge in [-0.3, -0.25) is 9.59 Å². The zero-order valence-corrected chi connectivity index (χ0v) is 22.1. The fourth-order valence-corrected chi connectivity index (χ4v) is 7.25. The SMILES string of the molecule is O=C1c2ccccc2S(=O)(=O)c2ccc(Br)cc21.O=c1c2ccccc2sc2ccc(Br)cc12. The summed E-state index contributed by atoms with van der Waals surface area (Å²) in [6, 6.07) is 24.5. The molecule has 168 valence electrons. The van der Waals surface area contributed by atoms with Crippen LogP contribution in [0.4, 0.5) is 0 Å². The highest BCUT2D eigenvalue weighted by atomic mass is 79.9. The summed E-state index contributed by atoms with van der Waals surface area (Å²) < 4.78 is 28.5. The average molecular weight is 614 g/mol. The maximum Gasteiger partial charge on any atom is 0.208 e. The lowest BCUT2D eigenvalue weighted by Crippen LogP contribution is -2.19. The van der Waals surface area contributed by atoms with Gasteiger partial charge < -0.3 is 0 Å². The Morgan fingerprint density at radius 1 is 0.618 bits per heavy atom. The third kappa shape index (κ3) is 3.94. The lowest BCUT2D eigenvalue weighted by Gasteiger charge is -2.18. The minimum Gasteiger partial charge on any atom is -0.289 e. The zero-order chi connectivity index (χ0) is 24.0. The van der Waals surface area contributed by atoms with Gasteiger partial charge in [-0.25, -0.2) is 8.42 Å². The van der Waals surface area contributed by atoms with Gasteiger partial charge in [0, 0.05) is 40.2 Å². The van der Waals surface area contributed by atoms with Crippen molar-refractivity contribution in [1.82, 2.24) is 0 Å². The number of fused-ring (bicyclic) bond motifs is 4. The molecule has 0 fully saturated rings. The quantitative estimate of drug-likeness (QED) is 0.173. The molecular weight excluding hydrogens is 600 g/mol. The van der Waals surface area contributed by atoms with Crippen LogP contribution in [-0.2, 0) is 9.84 Å². The molecule has 1 aliphatic rings. The van der Waals surface area contributed by atoms with E-state index in [1.165, 1.54) is 12.1 Å². The number of hydrogen-bond donors (Lipinski definition) is 0. The number of carbonyl (C=O) groups is 1. The minimum absolute atomic E-state index is 0.0781. The van der Waals surface area contributed by atoms with E-state index in [0.29, 0.717) is 4.47 Å². The maximum absolute atomic E-state index is 12.4. The van der Waals surface area contributed by atoms with Gasteiger partial charge in [0.25, 0.3) is 0 Å². The van der Waals surface area contributed by atoms with Crippen molar-refractivity contribution >= 4 is 79.0 Å². The van der Waals surface area contributed by atoms with E-state index in [2.05, 4.69) is 31.9 Å². The first kappa shape index (κ1) is 23.1. The number of benzene rings is 4. The molecule has 8 heteroatoms. The molecule has 0 spiro atoms. The van der Waals surface area contributed by atoms with E-state index in [1.54, 1.807) is 41.7 Å². The first-order chi connectivity index (χ1) is 16.3. The second-order valence-electron chi connectivity index (χ2n) is 7.54. The third-order valence-corrected chi connectivity index (χ3v) is 9.44. The topological polar surface area (TPSA) is 68.3 Å². The van der Waals surface area contributed by atoms with E-state index in [0.717, 1.165) is 24.6 Å². The lowest BCUT2D eigenvalue weighted by molar-refractivity contribution is 0.103. The first-order valence-corrected chi connectivity index (χ1v) is 14.0. The molecule has 0 atom stereocenters. The summed E-state index contributed by atoms with van der Waals surface area (Å²) in [6.45, 7) is 0. The molecule has 4 nitrogen and oxygen atoms in total. The Hall–Kier alpha value is -2.65. The molecule has 0 bridgehead atoms. The third-order valence-electron chi connectivity index (χ3n) is 5.43. The average Bonchev–Trinajstić information content (AvgIpc) is 2.84. The van der Waals surface area contributed by atoms with Crippen LogP contribution in [0.2, 0.25) is 0 Å². The van der Waals surface area contributed by atoms with Crippen molar-refractivity contribution in [3.8, 4) is 0 Å². The molecule has 4 aromatic carbocycles. The van der Waals surface area contributed by atoms with E-state index in [-0.39, 0.29) is 32.1 Å². The van der Waals surface area contributed by atoms with Crippen molar-refractivity contribution in [3.05, 3.63) is 115 Å². The van der Waals surface area contributed by atoms with Crippen LogP contribution < -0.4 is 5.43 Å². The molecule has 0 N–H and O–H groups in total. The van der Waals surface area contributed by atoms with Crippen molar-refractivity contribution in [3.63, 3.8) is 0 Å². The van der Waals surface area contributed by atoms with Gasteiger partial charge in [-0.15, -0.1) is 11.3 Å². The van der Waals surface area contributed by atoms with Gasteiger partial charge in [0.15, 0.2) is 11.2 Å². The second-order valence-corrected chi connectivity index (χ2v) is 12.3. The number of carbonyl (C=O) groups excluding carboxylic acids is 1. The summed E-state index contributed by atoms with van der Waals surface area (Å²) >= 11 is 8.30. The number of ketones is 1. The van der Waals surface area contributed by atoms with Crippen molar-refractivity contribution in [2.75, 3.05) is 0 Å². The zero-order valence-electron chi connectivity index (χ0n) is 17.3. The minimum atomic E-state index is -3.59. The Labute approximate surface area is 216 Å². The highest BCUT2D eigenvalue weighted by Gasteiger charge is 2.34. The van der Waals surface area contributed by atoms with Crippen LogP contribution in [0.25, 0.3) is 20.2 Å². The second kappa shape index (κ2) is 8.85. The fourth-order valence-electron chi connectivity index (χ4n) is 3.84. The molecule has 5 aromatic rings. The van der Waals surface area contributed by atoms with E-state index in [1.807, 2.05) is 42.5 Å².